The van der Waals surface area contributed by atoms with Crippen LogP contribution in [0.5, 0.6) is 5.75 Å². The maximum atomic E-state index is 14.0. The Morgan fingerprint density at radius 2 is 1.97 bits per heavy atom. The number of pyridine rings is 1. The number of nitrogens with zero attached hydrogens (tertiary/aromatic N) is 2. The summed E-state index contributed by atoms with van der Waals surface area (Å²) in [6, 6.07) is 1.94. The van der Waals surface area contributed by atoms with Gasteiger partial charge in [0.15, 0.2) is 11.4 Å². The molecule has 0 saturated heterocycles. The van der Waals surface area contributed by atoms with Crippen molar-refractivity contribution in [2.24, 2.45) is 0 Å². The van der Waals surface area contributed by atoms with E-state index in [0.29, 0.717) is 25.1 Å². The average Bonchev–Trinajstić information content (AvgIpc) is 2.91. The summed E-state index contributed by atoms with van der Waals surface area (Å²) in [5.74, 6) is -3.83. The first-order valence-electron chi connectivity index (χ1n) is 9.44. The van der Waals surface area contributed by atoms with Gasteiger partial charge >= 0.3 is 0 Å². The smallest absolute Gasteiger partial charge is 0.274 e. The predicted molar refractivity (Wildman–Crippen MR) is 103 cm³/mol. The normalized spacial score (nSPS) is 17.5. The van der Waals surface area contributed by atoms with Crippen LogP contribution < -0.4 is 10.7 Å². The van der Waals surface area contributed by atoms with Crippen LogP contribution in [-0.4, -0.2) is 39.5 Å². The van der Waals surface area contributed by atoms with Gasteiger partial charge in [-0.15, -0.1) is 0 Å². The SMILES string of the molecule is Cc1cc(F)c(CNC(=O)c2cn3c(c(O)c2=O)C(=O)N2CCC=C[C@@H]3C2)c(F)c1. The molecule has 2 aliphatic heterocycles. The zero-order valence-electron chi connectivity index (χ0n) is 16.1. The number of benzene rings is 1. The summed E-state index contributed by atoms with van der Waals surface area (Å²) in [7, 11) is 0. The lowest BCUT2D eigenvalue weighted by Crippen LogP contribution is -2.44. The number of aryl methyl sites for hydroxylation is 1. The highest BCUT2D eigenvalue weighted by Gasteiger charge is 2.35. The van der Waals surface area contributed by atoms with Crippen molar-refractivity contribution < 1.29 is 23.5 Å². The van der Waals surface area contributed by atoms with Gasteiger partial charge in [-0.05, 0) is 31.0 Å². The first-order chi connectivity index (χ1) is 14.3. The van der Waals surface area contributed by atoms with E-state index >= 15 is 0 Å². The monoisotopic (exact) mass is 415 g/mol. The number of amides is 2. The highest BCUT2D eigenvalue weighted by atomic mass is 19.1. The van der Waals surface area contributed by atoms with E-state index in [1.165, 1.54) is 17.7 Å². The summed E-state index contributed by atoms with van der Waals surface area (Å²) in [6.45, 7) is 1.88. The first-order valence-corrected chi connectivity index (χ1v) is 9.44. The summed E-state index contributed by atoms with van der Waals surface area (Å²) in [5, 5.41) is 12.7. The molecule has 0 spiro atoms. The van der Waals surface area contributed by atoms with E-state index in [-0.39, 0.29) is 17.3 Å². The summed E-state index contributed by atoms with van der Waals surface area (Å²) in [5.41, 5.74) is -1.54. The van der Waals surface area contributed by atoms with Crippen LogP contribution in [0.1, 0.15) is 44.4 Å². The molecule has 4 rings (SSSR count). The van der Waals surface area contributed by atoms with Crippen molar-refractivity contribution in [1.82, 2.24) is 14.8 Å². The van der Waals surface area contributed by atoms with Crippen molar-refractivity contribution in [3.63, 3.8) is 0 Å². The molecule has 2 amide bonds. The first kappa shape index (κ1) is 19.8. The molecule has 0 radical (unpaired) electrons. The molecule has 7 nitrogen and oxygen atoms in total. The molecule has 156 valence electrons. The van der Waals surface area contributed by atoms with Crippen LogP contribution >= 0.6 is 0 Å². The molecular weight excluding hydrogens is 396 g/mol. The molecule has 0 unspecified atom stereocenters. The molecule has 2 N–H and O–H groups in total. The summed E-state index contributed by atoms with van der Waals surface area (Å²) >= 11 is 0. The molecule has 2 aliphatic rings. The molecule has 0 fully saturated rings. The Morgan fingerprint density at radius 1 is 1.27 bits per heavy atom. The van der Waals surface area contributed by atoms with Gasteiger partial charge in [-0.2, -0.15) is 0 Å². The van der Waals surface area contributed by atoms with Gasteiger partial charge < -0.3 is 19.9 Å². The van der Waals surface area contributed by atoms with Crippen molar-refractivity contribution in [2.75, 3.05) is 13.1 Å². The standard InChI is InChI=1S/C21H19F2N3O4/c1-11-6-15(22)13(16(23)7-11)8-24-20(29)14-10-26-12-4-2-3-5-25(9-12)21(30)17(26)19(28)18(14)27/h2,4,6-7,10,12,28H,3,5,8-9H2,1H3,(H,24,29)/t12-/m1/s1. The van der Waals surface area contributed by atoms with Gasteiger partial charge in [0.1, 0.15) is 17.2 Å². The van der Waals surface area contributed by atoms with Gasteiger partial charge in [0.25, 0.3) is 11.8 Å². The van der Waals surface area contributed by atoms with Gasteiger partial charge in [-0.25, -0.2) is 8.78 Å². The Hall–Kier alpha value is -3.49. The number of carbonyl (C=O) groups is 2. The van der Waals surface area contributed by atoms with Crippen molar-refractivity contribution in [1.29, 1.82) is 0 Å². The fourth-order valence-electron chi connectivity index (χ4n) is 3.79. The number of aromatic nitrogens is 1. The van der Waals surface area contributed by atoms with E-state index in [4.69, 9.17) is 0 Å². The van der Waals surface area contributed by atoms with E-state index in [1.54, 1.807) is 4.90 Å². The van der Waals surface area contributed by atoms with Crippen molar-refractivity contribution >= 4 is 11.8 Å². The van der Waals surface area contributed by atoms with Gasteiger partial charge in [-0.1, -0.05) is 12.2 Å². The maximum Gasteiger partial charge on any atom is 0.274 e. The van der Waals surface area contributed by atoms with Gasteiger partial charge in [-0.3, -0.25) is 14.4 Å². The second kappa shape index (κ2) is 7.40. The van der Waals surface area contributed by atoms with Crippen LogP contribution in [0.3, 0.4) is 0 Å². The Labute approximate surface area is 170 Å². The van der Waals surface area contributed by atoms with Gasteiger partial charge in [0.2, 0.25) is 5.43 Å². The molecule has 2 aromatic rings. The zero-order chi connectivity index (χ0) is 21.6. The van der Waals surface area contributed by atoms with Crippen LogP contribution in [0.4, 0.5) is 8.78 Å². The molecule has 0 saturated carbocycles. The predicted octanol–water partition coefficient (Wildman–Crippen LogP) is 2.03. The molecule has 1 atom stereocenters. The van der Waals surface area contributed by atoms with Crippen LogP contribution in [0.25, 0.3) is 0 Å². The van der Waals surface area contributed by atoms with E-state index < -0.39 is 46.7 Å². The van der Waals surface area contributed by atoms with E-state index in [1.807, 2.05) is 12.2 Å². The number of hydrogen-bond donors (Lipinski definition) is 2. The largest absolute Gasteiger partial charge is 0.503 e. The Bertz CT molecular complexity index is 1130. The summed E-state index contributed by atoms with van der Waals surface area (Å²) in [6.07, 6.45) is 5.59. The second-order valence-corrected chi connectivity index (χ2v) is 7.40. The fraction of sp³-hybridized carbons (Fsp3) is 0.286. The minimum Gasteiger partial charge on any atom is -0.503 e. The van der Waals surface area contributed by atoms with Crippen LogP contribution in [0, 0.1) is 18.6 Å². The zero-order valence-corrected chi connectivity index (χ0v) is 16.1. The summed E-state index contributed by atoms with van der Waals surface area (Å²) in [4.78, 5) is 39.3. The number of hydrogen-bond acceptors (Lipinski definition) is 4. The summed E-state index contributed by atoms with van der Waals surface area (Å²) < 4.78 is 29.4. The number of carbonyl (C=O) groups excluding carboxylic acids is 2. The van der Waals surface area contributed by atoms with Crippen LogP contribution in [0.2, 0.25) is 0 Å². The van der Waals surface area contributed by atoms with Crippen LogP contribution in [-0.2, 0) is 6.54 Å². The minimum absolute atomic E-state index is 0.171. The van der Waals surface area contributed by atoms with Crippen molar-refractivity contribution in [3.8, 4) is 5.75 Å². The average molecular weight is 415 g/mol. The third-order valence-corrected chi connectivity index (χ3v) is 5.34. The van der Waals surface area contributed by atoms with E-state index in [0.717, 1.165) is 12.1 Å². The molecule has 3 heterocycles. The number of aromatic hydroxyl groups is 1. The quantitative estimate of drug-likeness (QED) is 0.751. The number of halogens is 2. The molecule has 2 bridgehead atoms. The third kappa shape index (κ3) is 3.26. The molecular formula is C21H19F2N3O4. The van der Waals surface area contributed by atoms with E-state index in [2.05, 4.69) is 5.32 Å². The van der Waals surface area contributed by atoms with Crippen LogP contribution in [0.15, 0.2) is 35.3 Å². The Morgan fingerprint density at radius 3 is 2.67 bits per heavy atom. The molecule has 30 heavy (non-hydrogen) atoms. The highest BCUT2D eigenvalue weighted by molar-refractivity contribution is 5.99. The number of nitrogens with one attached hydrogen (secondary N) is 1. The topological polar surface area (TPSA) is 91.6 Å². The fourth-order valence-corrected chi connectivity index (χ4v) is 3.79. The van der Waals surface area contributed by atoms with E-state index in [9.17, 15) is 28.3 Å². The molecule has 1 aromatic carbocycles. The number of fused-ring (bicyclic) bond motifs is 4. The minimum atomic E-state index is -1.01. The molecule has 1 aromatic heterocycles. The maximum absolute atomic E-state index is 14.0. The van der Waals surface area contributed by atoms with Gasteiger partial charge in [0, 0.05) is 31.4 Å². The number of rotatable bonds is 3. The third-order valence-electron chi connectivity index (χ3n) is 5.34. The van der Waals surface area contributed by atoms with Crippen molar-refractivity contribution in [2.45, 2.75) is 25.9 Å². The Kier molecular flexibility index (Phi) is 4.89. The lowest BCUT2D eigenvalue weighted by atomic mass is 10.1. The van der Waals surface area contributed by atoms with Gasteiger partial charge in [0.05, 0.1) is 6.04 Å². The molecule has 0 aliphatic carbocycles. The lowest BCUT2D eigenvalue weighted by Gasteiger charge is -2.33. The second-order valence-electron chi connectivity index (χ2n) is 7.40. The van der Waals surface area contributed by atoms with Crippen molar-refractivity contribution in [3.05, 3.63) is 74.7 Å². The lowest BCUT2D eigenvalue weighted by molar-refractivity contribution is 0.0687. The Balaban J connectivity index is 1.68. The molecule has 9 heteroatoms. The highest BCUT2D eigenvalue weighted by Crippen LogP contribution is 2.29.